The van der Waals surface area contributed by atoms with Gasteiger partial charge in [-0.05, 0) is 31.9 Å². The normalized spacial score (nSPS) is 8.18. The number of rotatable bonds is 0. The Kier molecular flexibility index (Phi) is 5.06. The Labute approximate surface area is 82.0 Å². The van der Waals surface area contributed by atoms with Crippen molar-refractivity contribution in [1.82, 2.24) is 9.97 Å². The molecule has 0 amide bonds. The molecule has 1 aromatic heterocycles. The van der Waals surface area contributed by atoms with E-state index in [0.717, 1.165) is 0 Å². The van der Waals surface area contributed by atoms with Gasteiger partial charge in [-0.1, -0.05) is 0 Å². The van der Waals surface area contributed by atoms with E-state index in [0.29, 0.717) is 15.0 Å². The zero-order valence-corrected chi connectivity index (χ0v) is 8.89. The summed E-state index contributed by atoms with van der Waals surface area (Å²) in [7, 11) is 0. The quantitative estimate of drug-likeness (QED) is 0.743. The van der Waals surface area contributed by atoms with E-state index < -0.39 is 0 Å². The first-order valence-corrected chi connectivity index (χ1v) is 4.22. The summed E-state index contributed by atoms with van der Waals surface area (Å²) < 4.78 is 1.24. The molecule has 0 atom stereocenters. The largest absolute Gasteiger partial charge is 0.381 e. The third-order valence-corrected chi connectivity index (χ3v) is 1.69. The summed E-state index contributed by atoms with van der Waals surface area (Å²) in [5.74, 6) is 0.401. The van der Waals surface area contributed by atoms with Crippen molar-refractivity contribution in [1.29, 1.82) is 0 Å². The van der Waals surface area contributed by atoms with E-state index >= 15 is 0 Å². The fourth-order valence-corrected chi connectivity index (χ4v) is 1.17. The second kappa shape index (κ2) is 5.26. The molecule has 0 aliphatic heterocycles. The van der Waals surface area contributed by atoms with Gasteiger partial charge in [0.2, 0.25) is 0 Å². The summed E-state index contributed by atoms with van der Waals surface area (Å²) in [6, 6.07) is 0. The number of aromatic nitrogens is 2. The average Bonchev–Trinajstić information content (AvgIpc) is 2.02. The Bertz CT molecular complexity index is 239. The van der Waals surface area contributed by atoms with Crippen molar-refractivity contribution in [2.24, 2.45) is 0 Å². The Morgan fingerprint density at radius 1 is 1.36 bits per heavy atom. The van der Waals surface area contributed by atoms with Crippen LogP contribution in [0.25, 0.3) is 0 Å². The van der Waals surface area contributed by atoms with Crippen molar-refractivity contribution in [3.05, 3.63) is 28.6 Å². The van der Waals surface area contributed by atoms with Crippen LogP contribution < -0.4 is 5.73 Å². The van der Waals surface area contributed by atoms with Crippen LogP contribution in [0.2, 0.25) is 0 Å². The van der Waals surface area contributed by atoms with Crippen LogP contribution in [-0.2, 0) is 0 Å². The molecule has 60 valence electrons. The minimum absolute atomic E-state index is 0.401. The minimum atomic E-state index is 0.401. The lowest BCUT2D eigenvalue weighted by molar-refractivity contribution is 1.14. The maximum Gasteiger partial charge on any atom is 0.156 e. The van der Waals surface area contributed by atoms with Crippen LogP contribution in [0.4, 0.5) is 5.82 Å². The molecule has 1 rings (SSSR count). The van der Waals surface area contributed by atoms with E-state index in [2.05, 4.69) is 55.0 Å². The highest BCUT2D eigenvalue weighted by atomic mass is 79.9. The zero-order valence-electron chi connectivity index (χ0n) is 5.72. The van der Waals surface area contributed by atoms with Gasteiger partial charge in [0, 0.05) is 0 Å². The number of halogens is 2. The van der Waals surface area contributed by atoms with Crippen LogP contribution in [0.15, 0.2) is 28.6 Å². The molecule has 0 fully saturated rings. The van der Waals surface area contributed by atoms with Crippen LogP contribution in [0, 0.1) is 0 Å². The molecule has 0 radical (unpaired) electrons. The van der Waals surface area contributed by atoms with Gasteiger partial charge in [-0.2, -0.15) is 0 Å². The number of nitrogen functional groups attached to an aromatic ring is 1. The molecule has 0 saturated carbocycles. The van der Waals surface area contributed by atoms with Crippen LogP contribution >= 0.6 is 31.9 Å². The fraction of sp³-hybridized carbons (Fsp3) is 0. The lowest BCUT2D eigenvalue weighted by Crippen LogP contribution is -1.92. The van der Waals surface area contributed by atoms with Gasteiger partial charge in [0.25, 0.3) is 0 Å². The van der Waals surface area contributed by atoms with E-state index in [1.165, 1.54) is 0 Å². The van der Waals surface area contributed by atoms with E-state index in [1.54, 1.807) is 6.20 Å². The molecule has 5 heteroatoms. The number of nitrogens with two attached hydrogens (primary N) is 1. The Balaban J connectivity index is 0.000000461. The van der Waals surface area contributed by atoms with Crippen molar-refractivity contribution in [2.45, 2.75) is 0 Å². The van der Waals surface area contributed by atoms with E-state index in [4.69, 9.17) is 5.73 Å². The van der Waals surface area contributed by atoms with Gasteiger partial charge in [0.1, 0.15) is 9.21 Å². The van der Waals surface area contributed by atoms with Gasteiger partial charge >= 0.3 is 0 Å². The van der Waals surface area contributed by atoms with Gasteiger partial charge in [0.05, 0.1) is 6.20 Å². The molecule has 0 spiro atoms. The van der Waals surface area contributed by atoms with Gasteiger partial charge < -0.3 is 5.73 Å². The fourth-order valence-electron chi connectivity index (χ4n) is 0.356. The van der Waals surface area contributed by atoms with E-state index in [1.807, 2.05) is 0 Å². The highest BCUT2D eigenvalue weighted by Gasteiger charge is 1.96. The third-order valence-electron chi connectivity index (χ3n) is 0.726. The molecule has 0 aliphatic carbocycles. The second-order valence-electron chi connectivity index (χ2n) is 1.37. The van der Waals surface area contributed by atoms with E-state index in [9.17, 15) is 0 Å². The lowest BCUT2D eigenvalue weighted by Gasteiger charge is -1.93. The monoisotopic (exact) mass is 279 g/mol. The summed E-state index contributed by atoms with van der Waals surface area (Å²) in [6.07, 6.45) is 1.54. The van der Waals surface area contributed by atoms with Crippen LogP contribution in [-0.4, -0.2) is 9.97 Å². The summed E-state index contributed by atoms with van der Waals surface area (Å²) in [6.45, 7) is 6.00. The van der Waals surface area contributed by atoms with Crippen molar-refractivity contribution in [2.75, 3.05) is 5.73 Å². The highest BCUT2D eigenvalue weighted by molar-refractivity contribution is 9.11. The first-order chi connectivity index (χ1) is 5.20. The molecule has 0 aromatic carbocycles. The van der Waals surface area contributed by atoms with Crippen molar-refractivity contribution < 1.29 is 0 Å². The molecular formula is C6H7Br2N3. The van der Waals surface area contributed by atoms with Gasteiger partial charge in [-0.3, -0.25) is 0 Å². The van der Waals surface area contributed by atoms with Crippen LogP contribution in [0.1, 0.15) is 0 Å². The zero-order chi connectivity index (χ0) is 8.85. The predicted molar refractivity (Wildman–Crippen MR) is 53.1 cm³/mol. The molecule has 0 aliphatic rings. The summed E-state index contributed by atoms with van der Waals surface area (Å²) in [5.41, 5.74) is 5.35. The Morgan fingerprint density at radius 2 is 1.91 bits per heavy atom. The van der Waals surface area contributed by atoms with Crippen LogP contribution in [0.5, 0.6) is 0 Å². The van der Waals surface area contributed by atoms with Crippen molar-refractivity contribution in [3.63, 3.8) is 0 Å². The number of hydrogen-bond acceptors (Lipinski definition) is 3. The summed E-state index contributed by atoms with van der Waals surface area (Å²) >= 11 is 6.25. The van der Waals surface area contributed by atoms with Crippen molar-refractivity contribution >= 4 is 37.7 Å². The second-order valence-corrected chi connectivity index (χ2v) is 2.93. The van der Waals surface area contributed by atoms with E-state index in [-0.39, 0.29) is 0 Å². The molecule has 1 heterocycles. The maximum absolute atomic E-state index is 5.35. The topological polar surface area (TPSA) is 51.8 Å². The maximum atomic E-state index is 5.35. The standard InChI is InChI=1S/C4H3Br2N3.C2H4/c5-2-1-8-4(7)3(6)9-2;1-2/h1H,(H2,7,8);1-2H2. The van der Waals surface area contributed by atoms with Gasteiger partial charge in [-0.15, -0.1) is 13.2 Å². The molecule has 0 unspecified atom stereocenters. The summed E-state index contributed by atoms with van der Waals surface area (Å²) in [4.78, 5) is 7.72. The first-order valence-electron chi connectivity index (χ1n) is 2.63. The molecule has 3 nitrogen and oxygen atoms in total. The average molecular weight is 281 g/mol. The molecular weight excluding hydrogens is 274 g/mol. The smallest absolute Gasteiger partial charge is 0.156 e. The third kappa shape index (κ3) is 3.48. The Hall–Kier alpha value is -0.420. The number of nitrogens with zero attached hydrogens (tertiary/aromatic N) is 2. The predicted octanol–water partition coefficient (Wildman–Crippen LogP) is 2.39. The molecule has 0 saturated heterocycles. The number of anilines is 1. The van der Waals surface area contributed by atoms with Crippen LogP contribution in [0.3, 0.4) is 0 Å². The van der Waals surface area contributed by atoms with Gasteiger partial charge in [0.15, 0.2) is 5.82 Å². The van der Waals surface area contributed by atoms with Crippen molar-refractivity contribution in [3.8, 4) is 0 Å². The lowest BCUT2D eigenvalue weighted by atomic mass is 10.7. The minimum Gasteiger partial charge on any atom is -0.381 e. The summed E-state index contributed by atoms with van der Waals surface area (Å²) in [5, 5.41) is 0. The molecule has 0 bridgehead atoms. The SMILES string of the molecule is C=C.Nc1ncc(Br)nc1Br. The number of hydrogen-bond donors (Lipinski definition) is 1. The van der Waals surface area contributed by atoms with Gasteiger partial charge in [-0.25, -0.2) is 9.97 Å². The highest BCUT2D eigenvalue weighted by Crippen LogP contribution is 2.15. The molecule has 11 heavy (non-hydrogen) atoms. The first kappa shape index (κ1) is 10.6. The Morgan fingerprint density at radius 3 is 2.27 bits per heavy atom. The molecule has 2 N–H and O–H groups in total. The molecule has 1 aromatic rings.